The maximum absolute atomic E-state index is 13.8. The Morgan fingerprint density at radius 1 is 1.43 bits per heavy atom. The van der Waals surface area contributed by atoms with Gasteiger partial charge in [0, 0.05) is 13.1 Å². The van der Waals surface area contributed by atoms with Gasteiger partial charge in [0.05, 0.1) is 16.0 Å². The Kier molecular flexibility index (Phi) is 4.23. The summed E-state index contributed by atoms with van der Waals surface area (Å²) in [4.78, 5) is 25.4. The zero-order valence-electron chi connectivity index (χ0n) is 11.9. The Hall–Kier alpha value is -1.62. The predicted molar refractivity (Wildman–Crippen MR) is 76.8 cm³/mol. The lowest BCUT2D eigenvalue weighted by Gasteiger charge is -2.28. The minimum atomic E-state index is -0.979. The van der Waals surface area contributed by atoms with Gasteiger partial charge in [0.15, 0.2) is 0 Å². The lowest BCUT2D eigenvalue weighted by molar-refractivity contribution is -0.150. The first-order valence-corrected chi connectivity index (χ1v) is 7.14. The van der Waals surface area contributed by atoms with Crippen molar-refractivity contribution in [1.82, 2.24) is 4.90 Å². The average Bonchev–Trinajstić information content (AvgIpc) is 2.84. The summed E-state index contributed by atoms with van der Waals surface area (Å²) in [5, 5.41) is 9.51. The van der Waals surface area contributed by atoms with Gasteiger partial charge in [0.25, 0.3) is 5.91 Å². The van der Waals surface area contributed by atoms with Crippen molar-refractivity contribution < 1.29 is 19.1 Å². The molecule has 1 aliphatic rings. The van der Waals surface area contributed by atoms with Crippen LogP contribution in [-0.4, -0.2) is 35.0 Å². The first-order valence-electron chi connectivity index (χ1n) is 6.76. The molecular formula is C15H17ClFNO3. The molecule has 1 N–H and O–H groups in total. The largest absolute Gasteiger partial charge is 0.481 e. The van der Waals surface area contributed by atoms with Crippen molar-refractivity contribution in [2.45, 2.75) is 20.3 Å². The van der Waals surface area contributed by atoms with Crippen LogP contribution in [0.1, 0.15) is 30.6 Å². The number of carboxylic acids is 1. The summed E-state index contributed by atoms with van der Waals surface area (Å²) in [6, 6.07) is 4.04. The first-order chi connectivity index (χ1) is 9.79. The van der Waals surface area contributed by atoms with Crippen LogP contribution in [0.5, 0.6) is 0 Å². The second kappa shape index (κ2) is 5.64. The highest BCUT2D eigenvalue weighted by Crippen LogP contribution is 2.39. The van der Waals surface area contributed by atoms with Crippen molar-refractivity contribution >= 4 is 23.5 Å². The molecule has 1 saturated heterocycles. The van der Waals surface area contributed by atoms with Gasteiger partial charge >= 0.3 is 5.97 Å². The van der Waals surface area contributed by atoms with Crippen LogP contribution in [0.15, 0.2) is 18.2 Å². The van der Waals surface area contributed by atoms with Crippen LogP contribution in [-0.2, 0) is 4.79 Å². The molecule has 1 amide bonds. The van der Waals surface area contributed by atoms with E-state index < -0.39 is 23.1 Å². The number of halogens is 2. The number of nitrogens with zero attached hydrogens (tertiary/aromatic N) is 1. The third-order valence-electron chi connectivity index (χ3n) is 4.30. The van der Waals surface area contributed by atoms with Gasteiger partial charge in [-0.3, -0.25) is 9.59 Å². The topological polar surface area (TPSA) is 57.6 Å². The highest BCUT2D eigenvalue weighted by atomic mass is 35.5. The maximum atomic E-state index is 13.8. The third-order valence-corrected chi connectivity index (χ3v) is 4.61. The molecule has 4 nitrogen and oxygen atoms in total. The van der Waals surface area contributed by atoms with Gasteiger partial charge in [-0.1, -0.05) is 31.5 Å². The van der Waals surface area contributed by atoms with E-state index in [0.717, 1.165) is 0 Å². The average molecular weight is 314 g/mol. The third kappa shape index (κ3) is 2.62. The molecule has 0 spiro atoms. The molecule has 1 unspecified atom stereocenters. The van der Waals surface area contributed by atoms with Gasteiger partial charge in [-0.05, 0) is 24.5 Å². The minimum Gasteiger partial charge on any atom is -0.481 e. The van der Waals surface area contributed by atoms with Crippen molar-refractivity contribution in [2.24, 2.45) is 11.3 Å². The number of amides is 1. The van der Waals surface area contributed by atoms with Crippen LogP contribution in [0.2, 0.25) is 5.02 Å². The van der Waals surface area contributed by atoms with Crippen LogP contribution < -0.4 is 0 Å². The normalized spacial score (nSPS) is 21.9. The molecule has 1 atom stereocenters. The number of carbonyl (C=O) groups excluding carboxylic acids is 1. The molecule has 114 valence electrons. The van der Waals surface area contributed by atoms with Crippen molar-refractivity contribution in [3.05, 3.63) is 34.6 Å². The fourth-order valence-corrected chi connectivity index (χ4v) is 3.00. The summed E-state index contributed by atoms with van der Waals surface area (Å²) < 4.78 is 13.8. The number of carboxylic acid groups (broad SMARTS) is 1. The van der Waals surface area contributed by atoms with Crippen LogP contribution in [0.3, 0.4) is 0 Å². The summed E-state index contributed by atoms with van der Waals surface area (Å²) in [7, 11) is 0. The molecule has 1 fully saturated rings. The SMILES string of the molecule is CC(C)C1(C(=O)O)CCN(C(=O)c2c(F)cccc2Cl)C1. The summed E-state index contributed by atoms with van der Waals surface area (Å²) in [5.41, 5.74) is -1.17. The highest BCUT2D eigenvalue weighted by Gasteiger charge is 2.48. The molecule has 1 aliphatic heterocycles. The fourth-order valence-electron chi connectivity index (χ4n) is 2.76. The van der Waals surface area contributed by atoms with Crippen molar-refractivity contribution in [1.29, 1.82) is 0 Å². The zero-order valence-corrected chi connectivity index (χ0v) is 12.7. The number of benzene rings is 1. The molecule has 1 heterocycles. The Morgan fingerprint density at radius 3 is 2.57 bits per heavy atom. The van der Waals surface area contributed by atoms with Crippen LogP contribution in [0.4, 0.5) is 4.39 Å². The summed E-state index contributed by atoms with van der Waals surface area (Å²) in [6.07, 6.45) is 0.359. The molecular weight excluding hydrogens is 297 g/mol. The van der Waals surface area contributed by atoms with Gasteiger partial charge in [0.2, 0.25) is 0 Å². The van der Waals surface area contributed by atoms with E-state index in [1.807, 2.05) is 13.8 Å². The number of aliphatic carboxylic acids is 1. The van der Waals surface area contributed by atoms with Crippen molar-refractivity contribution in [3.63, 3.8) is 0 Å². The first kappa shape index (κ1) is 15.8. The Morgan fingerprint density at radius 2 is 2.10 bits per heavy atom. The van der Waals surface area contributed by atoms with Crippen molar-refractivity contribution in [2.75, 3.05) is 13.1 Å². The second-order valence-electron chi connectivity index (χ2n) is 5.69. The standard InChI is InChI=1S/C15H17ClFNO3/c1-9(2)15(14(20)21)6-7-18(8-15)13(19)12-10(16)4-3-5-11(12)17/h3-5,9H,6-8H2,1-2H3,(H,20,21). The van der Waals surface area contributed by atoms with E-state index in [-0.39, 0.29) is 29.6 Å². The van der Waals surface area contributed by atoms with Crippen LogP contribution >= 0.6 is 11.6 Å². The minimum absolute atomic E-state index is 0.0392. The van der Waals surface area contributed by atoms with Gasteiger partial charge in [-0.15, -0.1) is 0 Å². The van der Waals surface area contributed by atoms with Gasteiger partial charge < -0.3 is 10.0 Å². The number of hydrogen-bond donors (Lipinski definition) is 1. The highest BCUT2D eigenvalue weighted by molar-refractivity contribution is 6.33. The Balaban J connectivity index is 2.29. The van der Waals surface area contributed by atoms with E-state index in [9.17, 15) is 19.1 Å². The predicted octanol–water partition coefficient (Wildman–Crippen LogP) is 3.05. The summed E-state index contributed by atoms with van der Waals surface area (Å²) >= 11 is 5.90. The van der Waals surface area contributed by atoms with Crippen LogP contribution in [0, 0.1) is 17.2 Å². The van der Waals surface area contributed by atoms with E-state index in [0.29, 0.717) is 6.42 Å². The number of likely N-dealkylation sites (tertiary alicyclic amines) is 1. The zero-order chi connectivity index (χ0) is 15.8. The number of rotatable bonds is 3. The van der Waals surface area contributed by atoms with E-state index in [1.165, 1.54) is 23.1 Å². The number of carbonyl (C=O) groups is 2. The van der Waals surface area contributed by atoms with E-state index in [1.54, 1.807) is 0 Å². The molecule has 1 aromatic carbocycles. The molecule has 6 heteroatoms. The molecule has 0 aromatic heterocycles. The lowest BCUT2D eigenvalue weighted by Crippen LogP contribution is -2.40. The molecule has 0 bridgehead atoms. The van der Waals surface area contributed by atoms with Crippen molar-refractivity contribution in [3.8, 4) is 0 Å². The fraction of sp³-hybridized carbons (Fsp3) is 0.467. The Bertz CT molecular complexity index is 570. The van der Waals surface area contributed by atoms with Gasteiger partial charge in [-0.2, -0.15) is 0 Å². The van der Waals surface area contributed by atoms with Gasteiger partial charge in [-0.25, -0.2) is 4.39 Å². The molecule has 1 aromatic rings. The van der Waals surface area contributed by atoms with Gasteiger partial charge in [0.1, 0.15) is 5.82 Å². The molecule has 0 saturated carbocycles. The number of hydrogen-bond acceptors (Lipinski definition) is 2. The van der Waals surface area contributed by atoms with E-state index in [4.69, 9.17) is 11.6 Å². The molecule has 0 radical (unpaired) electrons. The summed E-state index contributed by atoms with van der Waals surface area (Å²) in [5.74, 6) is -2.29. The molecule has 0 aliphatic carbocycles. The smallest absolute Gasteiger partial charge is 0.311 e. The molecule has 21 heavy (non-hydrogen) atoms. The summed E-state index contributed by atoms with van der Waals surface area (Å²) in [6.45, 7) is 3.99. The van der Waals surface area contributed by atoms with E-state index >= 15 is 0 Å². The Labute approximate surface area is 127 Å². The van der Waals surface area contributed by atoms with Crippen LogP contribution in [0.25, 0.3) is 0 Å². The quantitative estimate of drug-likeness (QED) is 0.933. The van der Waals surface area contributed by atoms with E-state index in [2.05, 4.69) is 0 Å². The lowest BCUT2D eigenvalue weighted by atomic mass is 9.76. The monoisotopic (exact) mass is 313 g/mol. The maximum Gasteiger partial charge on any atom is 0.311 e. The second-order valence-corrected chi connectivity index (χ2v) is 6.10. The molecule has 2 rings (SSSR count).